The Kier molecular flexibility index (Phi) is 8.85. The lowest BCUT2D eigenvalue weighted by atomic mass is 9.79. The van der Waals surface area contributed by atoms with Crippen molar-refractivity contribution < 1.29 is 29.0 Å². The maximum absolute atomic E-state index is 13.5. The fraction of sp³-hybridized carbons (Fsp3) is 0.464. The highest BCUT2D eigenvalue weighted by atomic mass is 35.5. The van der Waals surface area contributed by atoms with E-state index in [4.69, 9.17) is 32.7 Å². The molecule has 2 fully saturated rings. The molecule has 2 N–H and O–H groups in total. The highest BCUT2D eigenvalue weighted by Crippen LogP contribution is 2.36. The SMILES string of the molecule is CCC(CC)(C(=O)N[C@@H](Cc1ccc(OCc2c(Cl)cccc2Cl)cc1)C(=O)O)C(=O)N1C[C@H]2C[C@@H]1CO2. The number of hydrogen-bond donors (Lipinski definition) is 2. The number of carbonyl (C=O) groups excluding carboxylic acids is 2. The van der Waals surface area contributed by atoms with Crippen molar-refractivity contribution in [2.75, 3.05) is 13.2 Å². The Labute approximate surface area is 232 Å². The molecule has 204 valence electrons. The number of hydrogen-bond acceptors (Lipinski definition) is 5. The van der Waals surface area contributed by atoms with E-state index in [0.29, 0.717) is 40.1 Å². The third-order valence-corrected chi connectivity index (χ3v) is 8.33. The highest BCUT2D eigenvalue weighted by Gasteiger charge is 2.51. The number of likely N-dealkylation sites (tertiary alicyclic amines) is 1. The molecule has 8 nitrogen and oxygen atoms in total. The fourth-order valence-corrected chi connectivity index (χ4v) is 5.68. The molecular formula is C28H32Cl2N2O6. The van der Waals surface area contributed by atoms with Crippen LogP contribution < -0.4 is 10.1 Å². The van der Waals surface area contributed by atoms with Gasteiger partial charge in [0.2, 0.25) is 11.8 Å². The first-order valence-electron chi connectivity index (χ1n) is 12.8. The zero-order valence-electron chi connectivity index (χ0n) is 21.4. The molecular weight excluding hydrogens is 531 g/mol. The fourth-order valence-electron chi connectivity index (χ4n) is 5.17. The standard InChI is InChI=1S/C28H32Cl2N2O6/c1-3-28(4-2,27(36)32-14-20-13-18(32)15-37-20)26(35)31-24(25(33)34)12-17-8-10-19(11-9-17)38-16-21-22(29)6-5-7-23(21)30/h5-11,18,20,24H,3-4,12-16H2,1-2H3,(H,31,35)(H,33,34)/t18-,20-,24+/m1/s1. The molecule has 0 unspecified atom stereocenters. The van der Waals surface area contributed by atoms with Crippen molar-refractivity contribution in [1.82, 2.24) is 10.2 Å². The van der Waals surface area contributed by atoms with E-state index in [2.05, 4.69) is 5.32 Å². The predicted molar refractivity (Wildman–Crippen MR) is 143 cm³/mol. The molecule has 0 radical (unpaired) electrons. The van der Waals surface area contributed by atoms with Crippen LogP contribution in [0.15, 0.2) is 42.5 Å². The van der Waals surface area contributed by atoms with E-state index in [1.165, 1.54) is 0 Å². The van der Waals surface area contributed by atoms with E-state index < -0.39 is 23.3 Å². The number of carboxylic acids is 1. The highest BCUT2D eigenvalue weighted by molar-refractivity contribution is 6.35. The molecule has 0 saturated carbocycles. The zero-order chi connectivity index (χ0) is 27.4. The molecule has 2 aromatic rings. The summed E-state index contributed by atoms with van der Waals surface area (Å²) < 4.78 is 11.4. The summed E-state index contributed by atoms with van der Waals surface area (Å²) in [5.74, 6) is -1.42. The number of nitrogens with zero attached hydrogens (tertiary/aromatic N) is 1. The minimum Gasteiger partial charge on any atom is -0.489 e. The van der Waals surface area contributed by atoms with E-state index in [-0.39, 0.29) is 43.9 Å². The molecule has 2 saturated heterocycles. The normalized spacial score (nSPS) is 19.3. The lowest BCUT2D eigenvalue weighted by molar-refractivity contribution is -0.156. The molecule has 2 bridgehead atoms. The van der Waals surface area contributed by atoms with Crippen LogP contribution in [0.4, 0.5) is 0 Å². The molecule has 0 aromatic heterocycles. The van der Waals surface area contributed by atoms with Crippen molar-refractivity contribution in [1.29, 1.82) is 0 Å². The third kappa shape index (κ3) is 5.77. The molecule has 4 rings (SSSR count). The number of nitrogens with one attached hydrogen (secondary N) is 1. The first-order chi connectivity index (χ1) is 18.2. The molecule has 2 heterocycles. The minimum atomic E-state index is -1.32. The second kappa shape index (κ2) is 11.9. The summed E-state index contributed by atoms with van der Waals surface area (Å²) >= 11 is 12.4. The van der Waals surface area contributed by atoms with Gasteiger partial charge in [-0.05, 0) is 49.1 Å². The largest absolute Gasteiger partial charge is 0.489 e. The lowest BCUT2D eigenvalue weighted by Gasteiger charge is -2.37. The molecule has 3 atom stereocenters. The Bertz CT molecular complexity index is 1160. The van der Waals surface area contributed by atoms with Crippen LogP contribution >= 0.6 is 23.2 Å². The second-order valence-electron chi connectivity index (χ2n) is 9.79. The Morgan fingerprint density at radius 2 is 1.79 bits per heavy atom. The van der Waals surface area contributed by atoms with Crippen molar-refractivity contribution in [2.24, 2.45) is 5.41 Å². The van der Waals surface area contributed by atoms with Gasteiger partial charge in [-0.3, -0.25) is 9.59 Å². The smallest absolute Gasteiger partial charge is 0.326 e. The molecule has 2 aliphatic heterocycles. The Hall–Kier alpha value is -2.81. The number of morpholine rings is 1. The van der Waals surface area contributed by atoms with Crippen LogP contribution in [0.3, 0.4) is 0 Å². The summed E-state index contributed by atoms with van der Waals surface area (Å²) in [6.07, 6.45) is 1.39. The van der Waals surface area contributed by atoms with Crippen molar-refractivity contribution in [2.45, 2.75) is 64.3 Å². The summed E-state index contributed by atoms with van der Waals surface area (Å²) in [6, 6.07) is 10.9. The van der Waals surface area contributed by atoms with Crippen LogP contribution in [-0.2, 0) is 32.1 Å². The van der Waals surface area contributed by atoms with Gasteiger partial charge in [0.05, 0.1) is 18.8 Å². The van der Waals surface area contributed by atoms with E-state index in [9.17, 15) is 19.5 Å². The molecule has 0 aliphatic carbocycles. The first kappa shape index (κ1) is 28.2. The van der Waals surface area contributed by atoms with Crippen molar-refractivity contribution in [3.05, 3.63) is 63.6 Å². The average Bonchev–Trinajstić information content (AvgIpc) is 3.54. The van der Waals surface area contributed by atoms with Gasteiger partial charge in [0, 0.05) is 28.6 Å². The Morgan fingerprint density at radius 3 is 2.32 bits per heavy atom. The number of carboxylic acid groups (broad SMARTS) is 1. The quantitative estimate of drug-likeness (QED) is 0.391. The average molecular weight is 563 g/mol. The maximum atomic E-state index is 13.5. The predicted octanol–water partition coefficient (Wildman–Crippen LogP) is 4.49. The summed E-state index contributed by atoms with van der Waals surface area (Å²) in [6.45, 7) is 4.70. The lowest BCUT2D eigenvalue weighted by Crippen LogP contribution is -2.57. The third-order valence-electron chi connectivity index (χ3n) is 7.62. The van der Waals surface area contributed by atoms with Gasteiger partial charge in [0.15, 0.2) is 0 Å². The number of carbonyl (C=O) groups is 3. The van der Waals surface area contributed by atoms with Crippen LogP contribution in [0.25, 0.3) is 0 Å². The number of ether oxygens (including phenoxy) is 2. The van der Waals surface area contributed by atoms with Gasteiger partial charge in [-0.2, -0.15) is 0 Å². The van der Waals surface area contributed by atoms with Crippen LogP contribution in [0.5, 0.6) is 5.75 Å². The molecule has 0 spiro atoms. The summed E-state index contributed by atoms with van der Waals surface area (Å²) in [7, 11) is 0. The number of aliphatic carboxylic acids is 1. The number of rotatable bonds is 11. The Morgan fingerprint density at radius 1 is 1.13 bits per heavy atom. The van der Waals surface area contributed by atoms with Gasteiger partial charge in [0.25, 0.3) is 0 Å². The molecule has 2 aromatic carbocycles. The topological polar surface area (TPSA) is 105 Å². The van der Waals surface area contributed by atoms with Crippen molar-refractivity contribution in [3.8, 4) is 5.75 Å². The monoisotopic (exact) mass is 562 g/mol. The Balaban J connectivity index is 1.41. The van der Waals surface area contributed by atoms with Crippen LogP contribution in [0, 0.1) is 5.41 Å². The number of benzene rings is 2. The van der Waals surface area contributed by atoms with Gasteiger partial charge < -0.3 is 24.8 Å². The van der Waals surface area contributed by atoms with Crippen LogP contribution in [-0.4, -0.2) is 59.1 Å². The second-order valence-corrected chi connectivity index (χ2v) is 10.6. The summed E-state index contributed by atoms with van der Waals surface area (Å²) in [5, 5.41) is 13.5. The zero-order valence-corrected chi connectivity index (χ0v) is 22.9. The molecule has 2 aliphatic rings. The maximum Gasteiger partial charge on any atom is 0.326 e. The van der Waals surface area contributed by atoms with Crippen LogP contribution in [0.2, 0.25) is 10.0 Å². The summed E-state index contributed by atoms with van der Waals surface area (Å²) in [4.78, 5) is 40.8. The minimum absolute atomic E-state index is 0.0128. The number of halogens is 2. The first-order valence-corrected chi connectivity index (χ1v) is 13.5. The molecule has 2 amide bonds. The van der Waals surface area contributed by atoms with Gasteiger partial charge >= 0.3 is 5.97 Å². The number of amides is 2. The van der Waals surface area contributed by atoms with E-state index in [1.807, 2.05) is 0 Å². The van der Waals surface area contributed by atoms with Crippen molar-refractivity contribution >= 4 is 41.0 Å². The molecule has 10 heteroatoms. The van der Waals surface area contributed by atoms with E-state index >= 15 is 0 Å². The van der Waals surface area contributed by atoms with Gasteiger partial charge in [-0.25, -0.2) is 4.79 Å². The summed E-state index contributed by atoms with van der Waals surface area (Å²) in [5.41, 5.74) is 0.0445. The van der Waals surface area contributed by atoms with E-state index in [1.54, 1.807) is 61.2 Å². The van der Waals surface area contributed by atoms with Crippen LogP contribution in [0.1, 0.15) is 44.2 Å². The van der Waals surface area contributed by atoms with Gasteiger partial charge in [-0.15, -0.1) is 0 Å². The van der Waals surface area contributed by atoms with Crippen molar-refractivity contribution in [3.63, 3.8) is 0 Å². The van der Waals surface area contributed by atoms with Gasteiger partial charge in [-0.1, -0.05) is 55.2 Å². The van der Waals surface area contributed by atoms with E-state index in [0.717, 1.165) is 6.42 Å². The number of fused-ring (bicyclic) bond motifs is 2. The molecule has 38 heavy (non-hydrogen) atoms. The van der Waals surface area contributed by atoms with Gasteiger partial charge in [0.1, 0.15) is 23.8 Å².